The van der Waals surface area contributed by atoms with Gasteiger partial charge in [0.25, 0.3) is 0 Å². The van der Waals surface area contributed by atoms with Crippen LogP contribution in [0.4, 0.5) is 0 Å². The molecule has 0 heterocycles. The largest absolute Gasteiger partial charge is 0.224 e. The summed E-state index contributed by atoms with van der Waals surface area (Å²) in [6, 6.07) is 7.13. The van der Waals surface area contributed by atoms with Crippen molar-refractivity contribution < 1.29 is 8.42 Å². The van der Waals surface area contributed by atoms with E-state index < -0.39 is 9.84 Å². The lowest BCUT2D eigenvalue weighted by atomic mass is 10.0. The van der Waals surface area contributed by atoms with E-state index in [2.05, 4.69) is 0 Å². The maximum Gasteiger partial charge on any atom is 0.176 e. The summed E-state index contributed by atoms with van der Waals surface area (Å²) in [5, 5.41) is 0. The number of hydrogen-bond donors (Lipinski definition) is 0. The van der Waals surface area contributed by atoms with E-state index in [4.69, 9.17) is 0 Å². The molecule has 0 saturated carbocycles. The molecule has 0 saturated heterocycles. The molecule has 0 aromatic heterocycles. The molecule has 0 radical (unpaired) electrons. The van der Waals surface area contributed by atoms with Crippen LogP contribution in [0, 0.1) is 0 Å². The normalized spacial score (nSPS) is 12.9. The fourth-order valence-corrected chi connectivity index (χ4v) is 2.53. The molecule has 0 spiro atoms. The van der Waals surface area contributed by atoms with Crippen LogP contribution in [0.3, 0.4) is 0 Å². The second-order valence-corrected chi connectivity index (χ2v) is 5.42. The first kappa shape index (κ1) is 12.0. The summed E-state index contributed by atoms with van der Waals surface area (Å²) in [5.41, 5.74) is 1.89. The lowest BCUT2D eigenvalue weighted by molar-refractivity contribution is 0.601. The van der Waals surface area contributed by atoms with E-state index in [1.807, 2.05) is 32.1 Å². The molecule has 0 N–H and O–H groups in total. The first-order valence-corrected chi connectivity index (χ1v) is 6.84. The number of hydrogen-bond acceptors (Lipinski definition) is 2. The average Bonchev–Trinajstić information content (AvgIpc) is 2.19. The van der Waals surface area contributed by atoms with Crippen LogP contribution < -0.4 is 0 Å². The molecule has 2 nitrogen and oxygen atoms in total. The smallest absolute Gasteiger partial charge is 0.176 e. The highest BCUT2D eigenvalue weighted by Gasteiger charge is 2.13. The Labute approximate surface area is 91.6 Å². The van der Waals surface area contributed by atoms with Gasteiger partial charge in [0.1, 0.15) is 0 Å². The van der Waals surface area contributed by atoms with Crippen LogP contribution in [0.15, 0.2) is 35.2 Å². The summed E-state index contributed by atoms with van der Waals surface area (Å²) in [5.74, 6) is 0. The molecule has 3 heteroatoms. The third-order valence-electron chi connectivity index (χ3n) is 2.36. The fraction of sp³-hybridized carbons (Fsp3) is 0.333. The van der Waals surface area contributed by atoms with Gasteiger partial charge >= 0.3 is 0 Å². The second kappa shape index (κ2) is 4.62. The van der Waals surface area contributed by atoms with E-state index in [0.29, 0.717) is 4.90 Å². The Balaban J connectivity index is 3.43. The highest BCUT2D eigenvalue weighted by molar-refractivity contribution is 7.90. The van der Waals surface area contributed by atoms with Gasteiger partial charge in [-0.1, -0.05) is 31.2 Å². The highest BCUT2D eigenvalue weighted by atomic mass is 32.2. The molecule has 82 valence electrons. The Kier molecular flexibility index (Phi) is 3.69. The molecule has 15 heavy (non-hydrogen) atoms. The van der Waals surface area contributed by atoms with Gasteiger partial charge in [-0.15, -0.1) is 0 Å². The maximum absolute atomic E-state index is 11.6. The van der Waals surface area contributed by atoms with Gasteiger partial charge in [-0.2, -0.15) is 0 Å². The Bertz CT molecular complexity index is 470. The van der Waals surface area contributed by atoms with E-state index in [1.54, 1.807) is 12.1 Å². The van der Waals surface area contributed by atoms with Gasteiger partial charge < -0.3 is 0 Å². The predicted octanol–water partition coefficient (Wildman–Crippen LogP) is 2.90. The van der Waals surface area contributed by atoms with Crippen molar-refractivity contribution in [3.63, 3.8) is 0 Å². The lowest BCUT2D eigenvalue weighted by Crippen LogP contribution is -2.01. The van der Waals surface area contributed by atoms with Crippen LogP contribution in [0.5, 0.6) is 0 Å². The van der Waals surface area contributed by atoms with Crippen molar-refractivity contribution in [3.05, 3.63) is 35.9 Å². The summed E-state index contributed by atoms with van der Waals surface area (Å²) in [4.78, 5) is 0.417. The van der Waals surface area contributed by atoms with E-state index in [-0.39, 0.29) is 0 Å². The van der Waals surface area contributed by atoms with Crippen molar-refractivity contribution in [2.75, 3.05) is 6.26 Å². The van der Waals surface area contributed by atoms with Gasteiger partial charge in [0, 0.05) is 6.26 Å². The number of benzene rings is 1. The molecule has 0 fully saturated rings. The molecule has 1 aromatic carbocycles. The minimum Gasteiger partial charge on any atom is -0.224 e. The second-order valence-electron chi connectivity index (χ2n) is 3.44. The summed E-state index contributed by atoms with van der Waals surface area (Å²) in [6.45, 7) is 3.95. The Hall–Kier alpha value is -1.09. The predicted molar refractivity (Wildman–Crippen MR) is 63.5 cm³/mol. The van der Waals surface area contributed by atoms with E-state index in [0.717, 1.165) is 17.6 Å². The molecule has 1 rings (SSSR count). The molecule has 1 aromatic rings. The monoisotopic (exact) mass is 224 g/mol. The van der Waals surface area contributed by atoms with Gasteiger partial charge in [0.15, 0.2) is 9.84 Å². The van der Waals surface area contributed by atoms with Crippen LogP contribution in [0.1, 0.15) is 25.8 Å². The SMILES string of the molecule is C/C=C(\CC)c1ccccc1S(C)(=O)=O. The molecular formula is C12H16O2S. The molecule has 0 aliphatic carbocycles. The highest BCUT2D eigenvalue weighted by Crippen LogP contribution is 2.25. The van der Waals surface area contributed by atoms with Crippen molar-refractivity contribution in [3.8, 4) is 0 Å². The molecule has 0 amide bonds. The van der Waals surface area contributed by atoms with Gasteiger partial charge in [-0.3, -0.25) is 0 Å². The van der Waals surface area contributed by atoms with Crippen molar-refractivity contribution in [2.45, 2.75) is 25.2 Å². The Morgan fingerprint density at radius 2 is 1.93 bits per heavy atom. The Morgan fingerprint density at radius 1 is 1.33 bits per heavy atom. The summed E-state index contributed by atoms with van der Waals surface area (Å²) in [6.07, 6.45) is 4.04. The van der Waals surface area contributed by atoms with Gasteiger partial charge in [0.2, 0.25) is 0 Å². The van der Waals surface area contributed by atoms with Crippen LogP contribution in [0.2, 0.25) is 0 Å². The number of allylic oxidation sites excluding steroid dienone is 2. The maximum atomic E-state index is 11.6. The van der Waals surface area contributed by atoms with Crippen LogP contribution in [0.25, 0.3) is 5.57 Å². The number of sulfone groups is 1. The summed E-state index contributed by atoms with van der Waals surface area (Å²) < 4.78 is 23.1. The lowest BCUT2D eigenvalue weighted by Gasteiger charge is -2.09. The zero-order valence-electron chi connectivity index (χ0n) is 9.32. The van der Waals surface area contributed by atoms with Crippen molar-refractivity contribution in [2.24, 2.45) is 0 Å². The van der Waals surface area contributed by atoms with Gasteiger partial charge in [0.05, 0.1) is 4.90 Å². The molecule has 0 atom stereocenters. The molecular weight excluding hydrogens is 208 g/mol. The summed E-state index contributed by atoms with van der Waals surface area (Å²) in [7, 11) is -3.14. The summed E-state index contributed by atoms with van der Waals surface area (Å²) >= 11 is 0. The molecule has 0 aliphatic heterocycles. The fourth-order valence-electron chi connectivity index (χ4n) is 1.61. The Morgan fingerprint density at radius 3 is 2.40 bits per heavy atom. The minimum atomic E-state index is -3.14. The van der Waals surface area contributed by atoms with Crippen molar-refractivity contribution >= 4 is 15.4 Å². The first-order chi connectivity index (χ1) is 7.00. The molecule has 0 bridgehead atoms. The van der Waals surface area contributed by atoms with E-state index in [1.165, 1.54) is 6.26 Å². The molecule has 0 aliphatic rings. The van der Waals surface area contributed by atoms with E-state index in [9.17, 15) is 8.42 Å². The van der Waals surface area contributed by atoms with Crippen LogP contribution in [-0.2, 0) is 9.84 Å². The average molecular weight is 224 g/mol. The standard InChI is InChI=1S/C12H16O2S/c1-4-10(5-2)11-8-6-7-9-12(11)15(3,13)14/h4,6-9H,5H2,1-3H3/b10-4+. The van der Waals surface area contributed by atoms with Gasteiger partial charge in [-0.05, 0) is 30.5 Å². The topological polar surface area (TPSA) is 34.1 Å². The van der Waals surface area contributed by atoms with E-state index >= 15 is 0 Å². The zero-order chi connectivity index (χ0) is 11.5. The quantitative estimate of drug-likeness (QED) is 0.791. The van der Waals surface area contributed by atoms with Gasteiger partial charge in [-0.25, -0.2) is 8.42 Å². The van der Waals surface area contributed by atoms with Crippen molar-refractivity contribution in [1.29, 1.82) is 0 Å². The first-order valence-electron chi connectivity index (χ1n) is 4.95. The van der Waals surface area contributed by atoms with Crippen LogP contribution >= 0.6 is 0 Å². The van der Waals surface area contributed by atoms with Crippen LogP contribution in [-0.4, -0.2) is 14.7 Å². The third-order valence-corrected chi connectivity index (χ3v) is 3.52. The minimum absolute atomic E-state index is 0.417. The molecule has 0 unspecified atom stereocenters. The zero-order valence-corrected chi connectivity index (χ0v) is 10.1. The third kappa shape index (κ3) is 2.69. The van der Waals surface area contributed by atoms with Crippen molar-refractivity contribution in [1.82, 2.24) is 0 Å². The number of rotatable bonds is 3.